The van der Waals surface area contributed by atoms with Crippen molar-refractivity contribution in [1.29, 1.82) is 0 Å². The highest BCUT2D eigenvalue weighted by Crippen LogP contribution is 2.32. The Morgan fingerprint density at radius 3 is 2.63 bits per heavy atom. The quantitative estimate of drug-likeness (QED) is 0.831. The van der Waals surface area contributed by atoms with Crippen molar-refractivity contribution < 1.29 is 4.79 Å². The van der Waals surface area contributed by atoms with E-state index in [9.17, 15) is 4.79 Å². The molecule has 110 valence electrons. The molecule has 1 heterocycles. The summed E-state index contributed by atoms with van der Waals surface area (Å²) in [6.07, 6.45) is 12.3. The van der Waals surface area contributed by atoms with Crippen LogP contribution in [0, 0.1) is 5.92 Å². The van der Waals surface area contributed by atoms with Crippen LogP contribution in [0.4, 0.5) is 0 Å². The largest absolute Gasteiger partial charge is 0.338 e. The maximum absolute atomic E-state index is 12.4. The first-order valence-corrected chi connectivity index (χ1v) is 8.28. The number of carbonyl (C=O) groups is 1. The molecule has 0 spiro atoms. The van der Waals surface area contributed by atoms with Gasteiger partial charge in [-0.3, -0.25) is 4.79 Å². The van der Waals surface area contributed by atoms with Crippen LogP contribution in [0.1, 0.15) is 71.1 Å². The Balaban J connectivity index is 1.86. The number of nitrogens with two attached hydrogens (primary N) is 1. The molecule has 0 radical (unpaired) electrons. The highest BCUT2D eigenvalue weighted by molar-refractivity contribution is 5.82. The third kappa shape index (κ3) is 3.95. The Bertz CT molecular complexity index is 286. The molecule has 0 aromatic carbocycles. The van der Waals surface area contributed by atoms with Gasteiger partial charge in [0, 0.05) is 12.6 Å². The topological polar surface area (TPSA) is 46.3 Å². The van der Waals surface area contributed by atoms with Gasteiger partial charge < -0.3 is 10.6 Å². The minimum Gasteiger partial charge on any atom is -0.338 e. The minimum atomic E-state index is -0.267. The van der Waals surface area contributed by atoms with Gasteiger partial charge in [-0.05, 0) is 31.6 Å². The summed E-state index contributed by atoms with van der Waals surface area (Å²) >= 11 is 0. The molecule has 1 saturated carbocycles. The van der Waals surface area contributed by atoms with Crippen molar-refractivity contribution in [2.75, 3.05) is 6.54 Å². The fraction of sp³-hybridized carbons (Fsp3) is 0.938. The maximum atomic E-state index is 12.4. The number of carbonyl (C=O) groups excluding carboxylic acids is 1. The van der Waals surface area contributed by atoms with E-state index in [4.69, 9.17) is 5.73 Å². The molecule has 2 N–H and O–H groups in total. The van der Waals surface area contributed by atoms with Crippen molar-refractivity contribution in [3.05, 3.63) is 0 Å². The van der Waals surface area contributed by atoms with Crippen LogP contribution in [-0.4, -0.2) is 29.4 Å². The van der Waals surface area contributed by atoms with Gasteiger partial charge >= 0.3 is 0 Å². The average Bonchev–Trinajstić information content (AvgIpc) is 2.87. The van der Waals surface area contributed by atoms with Gasteiger partial charge in [0.1, 0.15) is 0 Å². The lowest BCUT2D eigenvalue weighted by Gasteiger charge is -2.31. The molecular formula is C16H30N2O. The first kappa shape index (κ1) is 14.8. The van der Waals surface area contributed by atoms with Crippen LogP contribution in [0.3, 0.4) is 0 Å². The number of hydrogen-bond donors (Lipinski definition) is 1. The van der Waals surface area contributed by atoms with E-state index in [0.717, 1.165) is 25.3 Å². The lowest BCUT2D eigenvalue weighted by molar-refractivity contribution is -0.133. The van der Waals surface area contributed by atoms with Gasteiger partial charge in [-0.15, -0.1) is 0 Å². The van der Waals surface area contributed by atoms with Crippen LogP contribution in [-0.2, 0) is 4.79 Å². The van der Waals surface area contributed by atoms with Gasteiger partial charge in [0.2, 0.25) is 5.91 Å². The molecule has 2 fully saturated rings. The highest BCUT2D eigenvalue weighted by Gasteiger charge is 2.32. The van der Waals surface area contributed by atoms with E-state index in [2.05, 4.69) is 11.8 Å². The molecule has 2 atom stereocenters. The zero-order valence-corrected chi connectivity index (χ0v) is 12.4. The van der Waals surface area contributed by atoms with Crippen molar-refractivity contribution in [2.24, 2.45) is 11.7 Å². The van der Waals surface area contributed by atoms with E-state index >= 15 is 0 Å². The lowest BCUT2D eigenvalue weighted by atomic mass is 9.84. The SMILES string of the molecule is CCCC(N)C(=O)N1CCCC1CC1CCCCC1. The minimum absolute atomic E-state index is 0.208. The fourth-order valence-corrected chi connectivity index (χ4v) is 3.83. The van der Waals surface area contributed by atoms with Crippen LogP contribution in [0.15, 0.2) is 0 Å². The van der Waals surface area contributed by atoms with Gasteiger partial charge in [0.15, 0.2) is 0 Å². The fourth-order valence-electron chi connectivity index (χ4n) is 3.83. The second-order valence-electron chi connectivity index (χ2n) is 6.46. The van der Waals surface area contributed by atoms with Gasteiger partial charge in [0.25, 0.3) is 0 Å². The Morgan fingerprint density at radius 1 is 1.21 bits per heavy atom. The third-order valence-electron chi connectivity index (χ3n) is 4.91. The van der Waals surface area contributed by atoms with Gasteiger partial charge in [-0.2, -0.15) is 0 Å². The van der Waals surface area contributed by atoms with Gasteiger partial charge in [0.05, 0.1) is 6.04 Å². The zero-order valence-electron chi connectivity index (χ0n) is 12.4. The smallest absolute Gasteiger partial charge is 0.239 e. The molecule has 2 aliphatic rings. The molecule has 0 aromatic heterocycles. The second kappa shape index (κ2) is 7.28. The monoisotopic (exact) mass is 266 g/mol. The highest BCUT2D eigenvalue weighted by atomic mass is 16.2. The van der Waals surface area contributed by atoms with Crippen molar-refractivity contribution in [2.45, 2.75) is 83.2 Å². The van der Waals surface area contributed by atoms with Crippen LogP contribution in [0.25, 0.3) is 0 Å². The molecule has 2 unspecified atom stereocenters. The summed E-state index contributed by atoms with van der Waals surface area (Å²) in [6.45, 7) is 3.03. The second-order valence-corrected chi connectivity index (χ2v) is 6.46. The summed E-state index contributed by atoms with van der Waals surface area (Å²) in [6, 6.07) is 0.218. The van der Waals surface area contributed by atoms with Crippen molar-refractivity contribution >= 4 is 5.91 Å². The first-order valence-electron chi connectivity index (χ1n) is 8.28. The molecule has 0 bridgehead atoms. The van der Waals surface area contributed by atoms with Crippen LogP contribution < -0.4 is 5.73 Å². The molecule has 2 rings (SSSR count). The molecular weight excluding hydrogens is 236 g/mol. The normalized spacial score (nSPS) is 26.6. The third-order valence-corrected chi connectivity index (χ3v) is 4.91. The molecule has 1 amide bonds. The molecule has 0 aromatic rings. The standard InChI is InChI=1S/C16H30N2O/c1-2-7-15(17)16(19)18-11-6-10-14(18)12-13-8-4-3-5-9-13/h13-15H,2-12,17H2,1H3. The maximum Gasteiger partial charge on any atom is 0.239 e. The Hall–Kier alpha value is -0.570. The molecule has 1 saturated heterocycles. The van der Waals surface area contributed by atoms with E-state index in [1.54, 1.807) is 0 Å². The first-order chi connectivity index (χ1) is 9.22. The summed E-state index contributed by atoms with van der Waals surface area (Å²) < 4.78 is 0. The van der Waals surface area contributed by atoms with Gasteiger partial charge in [-0.25, -0.2) is 0 Å². The van der Waals surface area contributed by atoms with Crippen LogP contribution in [0.2, 0.25) is 0 Å². The Morgan fingerprint density at radius 2 is 1.95 bits per heavy atom. The predicted octanol–water partition coefficient (Wildman–Crippen LogP) is 3.08. The number of nitrogens with zero attached hydrogens (tertiary/aromatic N) is 1. The summed E-state index contributed by atoms with van der Waals surface area (Å²) in [4.78, 5) is 14.5. The van der Waals surface area contributed by atoms with E-state index in [1.807, 2.05) is 0 Å². The number of hydrogen-bond acceptors (Lipinski definition) is 2. The van der Waals surface area contributed by atoms with E-state index in [1.165, 1.54) is 51.4 Å². The molecule has 1 aliphatic carbocycles. The Kier molecular flexibility index (Phi) is 5.68. The Labute approximate surface area is 117 Å². The van der Waals surface area contributed by atoms with Crippen molar-refractivity contribution in [1.82, 2.24) is 4.90 Å². The number of amides is 1. The van der Waals surface area contributed by atoms with Crippen molar-refractivity contribution in [3.8, 4) is 0 Å². The number of rotatable bonds is 5. The van der Waals surface area contributed by atoms with Crippen LogP contribution >= 0.6 is 0 Å². The summed E-state index contributed by atoms with van der Waals surface area (Å²) in [7, 11) is 0. The van der Waals surface area contributed by atoms with E-state index in [-0.39, 0.29) is 11.9 Å². The van der Waals surface area contributed by atoms with Gasteiger partial charge in [-0.1, -0.05) is 45.4 Å². The van der Waals surface area contributed by atoms with Crippen LogP contribution in [0.5, 0.6) is 0 Å². The summed E-state index contributed by atoms with van der Waals surface area (Å²) in [5, 5.41) is 0. The summed E-state index contributed by atoms with van der Waals surface area (Å²) in [5.74, 6) is 1.06. The summed E-state index contributed by atoms with van der Waals surface area (Å²) in [5.41, 5.74) is 6.01. The van der Waals surface area contributed by atoms with E-state index in [0.29, 0.717) is 6.04 Å². The van der Waals surface area contributed by atoms with E-state index < -0.39 is 0 Å². The predicted molar refractivity (Wildman–Crippen MR) is 78.8 cm³/mol. The zero-order chi connectivity index (χ0) is 13.7. The van der Waals surface area contributed by atoms with Crippen molar-refractivity contribution in [3.63, 3.8) is 0 Å². The molecule has 19 heavy (non-hydrogen) atoms. The lowest BCUT2D eigenvalue weighted by Crippen LogP contribution is -2.46. The number of likely N-dealkylation sites (tertiary alicyclic amines) is 1. The molecule has 1 aliphatic heterocycles. The average molecular weight is 266 g/mol. The molecule has 3 nitrogen and oxygen atoms in total. The molecule has 3 heteroatoms.